The molecule has 0 fully saturated rings. The molecule has 0 bridgehead atoms. The predicted octanol–water partition coefficient (Wildman–Crippen LogP) is 18.4. The standard InChI is InChI=1S/2C12H4BF24.Mg/c2*14-5(15,16)1(6(17,18)19)13(2(7(20,21)22)8(23,24)25,3(9(26,27)28)10(29,30)31)4(11(32,33)34)12(35,36)37;/h2*1-4H;/q2*-1;+2. The fourth-order valence-electron chi connectivity index (χ4n) is 9.03. The summed E-state index contributed by atoms with van der Waals surface area (Å²) in [5.74, 6) is -62.0. The van der Waals surface area contributed by atoms with E-state index in [0.29, 0.717) is 0 Å². The van der Waals surface area contributed by atoms with Crippen LogP contribution in [0.25, 0.3) is 0 Å². The summed E-state index contributed by atoms with van der Waals surface area (Å²) in [5, 5.41) is 0. The normalized spacial score (nSPS) is 16.3. The second kappa shape index (κ2) is 21.2. The third kappa shape index (κ3) is 17.3. The van der Waals surface area contributed by atoms with Crippen LogP contribution in [-0.2, 0) is 0 Å². The molecule has 75 heavy (non-hydrogen) atoms. The van der Waals surface area contributed by atoms with E-state index in [1.165, 1.54) is 0 Å². The van der Waals surface area contributed by atoms with Gasteiger partial charge in [-0.3, -0.25) is 0 Å². The Morgan fingerprint density at radius 3 is 0.187 bits per heavy atom. The van der Waals surface area contributed by atoms with Crippen LogP contribution in [0.3, 0.4) is 0 Å². The molecule has 0 amide bonds. The van der Waals surface area contributed by atoms with Gasteiger partial charge in [0.15, 0.2) is 0 Å². The maximum absolute atomic E-state index is 13.2. The largest absolute Gasteiger partial charge is 2.00 e. The number of halogens is 48. The molecule has 0 nitrogen and oxygen atoms in total. The number of rotatable bonds is 8. The van der Waals surface area contributed by atoms with Crippen LogP contribution < -0.4 is 0 Å². The van der Waals surface area contributed by atoms with Crippen LogP contribution in [0.15, 0.2) is 0 Å². The van der Waals surface area contributed by atoms with Crippen molar-refractivity contribution in [2.45, 2.75) is 145 Å². The first-order valence-electron chi connectivity index (χ1n) is 16.4. The molecule has 0 radical (unpaired) electrons. The first-order valence-corrected chi connectivity index (χ1v) is 16.4. The number of hydrogen-bond donors (Lipinski definition) is 0. The first kappa shape index (κ1) is 76.8. The third-order valence-corrected chi connectivity index (χ3v) is 10.3. The summed E-state index contributed by atoms with van der Waals surface area (Å²) >= 11 is 0. The smallest absolute Gasteiger partial charge is 0.174 e. The van der Waals surface area contributed by atoms with Gasteiger partial charge in [-0.2, -0.15) is 211 Å². The minimum Gasteiger partial charge on any atom is -0.174 e. The van der Waals surface area contributed by atoms with Crippen molar-refractivity contribution in [1.29, 1.82) is 0 Å². The van der Waals surface area contributed by atoms with Gasteiger partial charge in [0.1, 0.15) is 0 Å². The molecule has 0 aliphatic heterocycles. The molecule has 51 heteroatoms. The summed E-state index contributed by atoms with van der Waals surface area (Å²) in [6.45, 7) is 0. The fourth-order valence-corrected chi connectivity index (χ4v) is 9.03. The molecule has 0 aliphatic rings. The van der Waals surface area contributed by atoms with E-state index in [4.69, 9.17) is 0 Å². The van der Waals surface area contributed by atoms with Gasteiger partial charge in [-0.15, -0.1) is 0 Å². The average molecular weight is 1250 g/mol. The summed E-state index contributed by atoms with van der Waals surface area (Å²) in [6, 6.07) is 0. The second-order valence-corrected chi connectivity index (χ2v) is 14.8. The van der Waals surface area contributed by atoms with Gasteiger partial charge >= 0.3 is 122 Å². The monoisotopic (exact) mass is 1250 g/mol. The molecule has 0 aromatic carbocycles. The first-order chi connectivity index (χ1) is 30.9. The van der Waals surface area contributed by atoms with E-state index in [1.54, 1.807) is 0 Å². The SMILES string of the molecule is FC(F)(F)C([B-](C(C(F)(F)F)C(F)(F)F)(C(C(F)(F)F)C(F)(F)F)C(C(F)(F)F)C(F)(F)F)C(F)(F)F.FC(F)(F)C([B-](C(C(F)(F)F)C(F)(F)F)(C(C(F)(F)F)C(F)(F)F)C(C(F)(F)F)C(F)(F)F)C(F)(F)F.[Mg+2]. The van der Waals surface area contributed by atoms with Crippen molar-refractivity contribution < 1.29 is 211 Å². The minimum absolute atomic E-state index is 0. The zero-order valence-corrected chi connectivity index (χ0v) is 34.0. The molecule has 0 unspecified atom stereocenters. The summed E-state index contributed by atoms with van der Waals surface area (Å²) in [6.07, 6.45) is -155. The van der Waals surface area contributed by atoms with Crippen LogP contribution in [0.5, 0.6) is 0 Å². The molecule has 0 aromatic rings. The Bertz CT molecular complexity index is 1280. The van der Waals surface area contributed by atoms with Gasteiger partial charge in [0.05, 0.1) is 12.3 Å². The van der Waals surface area contributed by atoms with Gasteiger partial charge in [-0.25, -0.2) is 0 Å². The van der Waals surface area contributed by atoms with Gasteiger partial charge in [0.25, 0.3) is 0 Å². The van der Waals surface area contributed by atoms with Gasteiger partial charge in [-0.1, -0.05) is 0 Å². The van der Waals surface area contributed by atoms with Crippen molar-refractivity contribution in [3.05, 3.63) is 0 Å². The van der Waals surface area contributed by atoms with Crippen LogP contribution in [0.1, 0.15) is 0 Å². The van der Waals surface area contributed by atoms with E-state index >= 15 is 0 Å². The molecule has 448 valence electrons. The predicted molar refractivity (Wildman–Crippen MR) is 144 cm³/mol. The van der Waals surface area contributed by atoms with Crippen LogP contribution in [-0.4, -0.2) is 134 Å². The van der Waals surface area contributed by atoms with Crippen molar-refractivity contribution in [2.75, 3.05) is 0 Å². The maximum Gasteiger partial charge on any atom is 2.00 e. The molecule has 0 aliphatic carbocycles. The van der Waals surface area contributed by atoms with Crippen molar-refractivity contribution in [3.63, 3.8) is 0 Å². The Balaban J connectivity index is -0.00000136. The van der Waals surface area contributed by atoms with Gasteiger partial charge in [-0.05, 0) is 0 Å². The van der Waals surface area contributed by atoms with E-state index in [0.717, 1.165) is 0 Å². The molecule has 0 rings (SSSR count). The Morgan fingerprint density at radius 1 is 0.120 bits per heavy atom. The van der Waals surface area contributed by atoms with Crippen LogP contribution in [0.2, 0.25) is 46.5 Å². The minimum atomic E-state index is -10.1. The number of alkyl halides is 48. The van der Waals surface area contributed by atoms with Gasteiger partial charge in [0, 0.05) is 46.5 Å². The Labute approximate surface area is 392 Å². The maximum atomic E-state index is 13.2. The molecule has 0 atom stereocenters. The zero-order valence-electron chi connectivity index (χ0n) is 32.6. The van der Waals surface area contributed by atoms with Crippen LogP contribution in [0.4, 0.5) is 211 Å². The van der Waals surface area contributed by atoms with E-state index in [1.807, 2.05) is 0 Å². The van der Waals surface area contributed by atoms with Gasteiger partial charge in [0.2, 0.25) is 0 Å². The van der Waals surface area contributed by atoms with E-state index in [2.05, 4.69) is 0 Å². The molecule has 0 N–H and O–H groups in total. The topological polar surface area (TPSA) is 0 Å². The van der Waals surface area contributed by atoms with Crippen molar-refractivity contribution in [3.8, 4) is 0 Å². The van der Waals surface area contributed by atoms with E-state index in [9.17, 15) is 211 Å². The fraction of sp³-hybridized carbons (Fsp3) is 1.00. The summed E-state index contributed by atoms with van der Waals surface area (Å²) in [5.41, 5.74) is 0. The number of hydrogen-bond acceptors (Lipinski definition) is 0. The third-order valence-electron chi connectivity index (χ3n) is 10.3. The van der Waals surface area contributed by atoms with Crippen LogP contribution in [0, 0.1) is 0 Å². The zero-order chi connectivity index (χ0) is 61.6. The van der Waals surface area contributed by atoms with Crippen LogP contribution >= 0.6 is 0 Å². The summed E-state index contributed by atoms with van der Waals surface area (Å²) < 4.78 is 634. The molecule has 0 aromatic heterocycles. The Morgan fingerprint density at radius 2 is 0.160 bits per heavy atom. The summed E-state index contributed by atoms with van der Waals surface area (Å²) in [4.78, 5) is 0. The van der Waals surface area contributed by atoms with Crippen molar-refractivity contribution >= 4 is 35.3 Å². The van der Waals surface area contributed by atoms with Crippen molar-refractivity contribution in [2.24, 2.45) is 0 Å². The summed E-state index contributed by atoms with van der Waals surface area (Å²) in [7, 11) is 0. The van der Waals surface area contributed by atoms with E-state index < -0.39 is 158 Å². The molecule has 0 saturated heterocycles. The Hall–Kier alpha value is -2.46. The molecule has 0 saturated carbocycles. The van der Waals surface area contributed by atoms with Crippen molar-refractivity contribution in [1.82, 2.24) is 0 Å². The second-order valence-electron chi connectivity index (χ2n) is 14.8. The molecular weight excluding hydrogens is 1250 g/mol. The molecule has 0 heterocycles. The van der Waals surface area contributed by atoms with Gasteiger partial charge < -0.3 is 0 Å². The van der Waals surface area contributed by atoms with E-state index in [-0.39, 0.29) is 23.1 Å². The average Bonchev–Trinajstić information content (AvgIpc) is 2.83. The Kier molecular flexibility index (Phi) is 21.7. The molecular formula is C24H8B2F48Mg. The molecule has 0 spiro atoms. The quantitative estimate of drug-likeness (QED) is 0.168.